The van der Waals surface area contributed by atoms with Crippen molar-refractivity contribution < 1.29 is 0 Å². The van der Waals surface area contributed by atoms with Crippen LogP contribution in [0.5, 0.6) is 0 Å². The van der Waals surface area contributed by atoms with E-state index in [4.69, 9.17) is 34.3 Å². The molecule has 0 aliphatic carbocycles. The smallest absolute Gasteiger partial charge is 0.188 e. The molecule has 0 saturated carbocycles. The molecule has 2 aromatic heterocycles. The van der Waals surface area contributed by atoms with Gasteiger partial charge in [-0.15, -0.1) is 23.1 Å². The quantitative estimate of drug-likeness (QED) is 0.441. The van der Waals surface area contributed by atoms with Crippen LogP contribution in [-0.4, -0.2) is 46.9 Å². The van der Waals surface area contributed by atoms with E-state index in [-0.39, 0.29) is 5.96 Å². The molecule has 0 bridgehead atoms. The van der Waals surface area contributed by atoms with Gasteiger partial charge in [0.15, 0.2) is 5.96 Å². The first-order valence-electron chi connectivity index (χ1n) is 7.84. The maximum atomic E-state index is 7.52. The lowest BCUT2D eigenvalue weighted by Gasteiger charge is -2.35. The monoisotopic (exact) mass is 415 g/mol. The van der Waals surface area contributed by atoms with E-state index in [1.165, 1.54) is 16.9 Å². The minimum atomic E-state index is 0.158. The van der Waals surface area contributed by atoms with Crippen molar-refractivity contribution in [3.05, 3.63) is 44.2 Å². The topological polar surface area (TPSA) is 69.2 Å². The van der Waals surface area contributed by atoms with Crippen molar-refractivity contribution >= 4 is 52.3 Å². The van der Waals surface area contributed by atoms with E-state index >= 15 is 0 Å². The van der Waals surface area contributed by atoms with Gasteiger partial charge >= 0.3 is 0 Å². The summed E-state index contributed by atoms with van der Waals surface area (Å²) < 4.78 is 0.641. The Morgan fingerprint density at radius 2 is 2.08 bits per heavy atom. The molecule has 0 atom stereocenters. The van der Waals surface area contributed by atoms with Crippen molar-refractivity contribution in [3.63, 3.8) is 0 Å². The number of thiophene rings is 1. The van der Waals surface area contributed by atoms with Crippen LogP contribution in [0.2, 0.25) is 9.36 Å². The minimum absolute atomic E-state index is 0.158. The van der Waals surface area contributed by atoms with Crippen molar-refractivity contribution in [2.45, 2.75) is 17.3 Å². The number of nitrogens with one attached hydrogen (secondary N) is 1. The van der Waals surface area contributed by atoms with Crippen molar-refractivity contribution in [2.24, 2.45) is 5.73 Å². The second kappa shape index (κ2) is 8.60. The molecule has 0 aromatic carbocycles. The van der Waals surface area contributed by atoms with Crippen LogP contribution in [0.4, 0.5) is 0 Å². The van der Waals surface area contributed by atoms with Gasteiger partial charge in [0.2, 0.25) is 0 Å². The highest BCUT2D eigenvalue weighted by Crippen LogP contribution is 2.35. The highest BCUT2D eigenvalue weighted by molar-refractivity contribution is 7.98. The van der Waals surface area contributed by atoms with Crippen LogP contribution in [-0.2, 0) is 12.3 Å². The molecule has 3 rings (SSSR count). The van der Waals surface area contributed by atoms with Crippen LogP contribution in [0.15, 0.2) is 29.4 Å². The number of hydrogen-bond donors (Lipinski definition) is 2. The third-order valence-electron chi connectivity index (χ3n) is 4.00. The average molecular weight is 416 g/mol. The van der Waals surface area contributed by atoms with Crippen molar-refractivity contribution in [3.8, 4) is 0 Å². The van der Waals surface area contributed by atoms with Gasteiger partial charge in [-0.1, -0.05) is 29.3 Å². The molecule has 134 valence electrons. The number of guanidine groups is 1. The zero-order valence-corrected chi connectivity index (χ0v) is 16.7. The molecule has 5 nitrogen and oxygen atoms in total. The summed E-state index contributed by atoms with van der Waals surface area (Å²) in [6.07, 6.45) is 1.83. The molecule has 1 aliphatic heterocycles. The van der Waals surface area contributed by atoms with Gasteiger partial charge in [-0.25, -0.2) is 4.98 Å². The first-order valence-corrected chi connectivity index (χ1v) is 10.4. The molecular formula is C16H19Cl2N5S2. The molecule has 3 N–H and O–H groups in total. The van der Waals surface area contributed by atoms with E-state index in [1.54, 1.807) is 11.8 Å². The predicted molar refractivity (Wildman–Crippen MR) is 107 cm³/mol. The Balaban J connectivity index is 1.60. The molecule has 0 spiro atoms. The van der Waals surface area contributed by atoms with E-state index in [1.807, 2.05) is 23.2 Å². The summed E-state index contributed by atoms with van der Waals surface area (Å²) in [5.74, 6) is 0.963. The number of halogens is 2. The molecule has 9 heteroatoms. The number of aromatic nitrogens is 1. The largest absolute Gasteiger partial charge is 0.370 e. The highest BCUT2D eigenvalue weighted by atomic mass is 35.5. The lowest BCUT2D eigenvalue weighted by molar-refractivity contribution is 0.172. The maximum absolute atomic E-state index is 7.52. The fourth-order valence-corrected chi connectivity index (χ4v) is 5.12. The zero-order chi connectivity index (χ0) is 17.8. The van der Waals surface area contributed by atoms with Crippen LogP contribution < -0.4 is 5.73 Å². The second-order valence-electron chi connectivity index (χ2n) is 5.74. The number of hydrogen-bond acceptors (Lipinski definition) is 5. The lowest BCUT2D eigenvalue weighted by atomic mass is 10.2. The molecule has 1 aliphatic rings. The molecule has 1 fully saturated rings. The minimum Gasteiger partial charge on any atom is -0.370 e. The number of nitrogens with two attached hydrogens (primary N) is 1. The number of nitrogens with zero attached hydrogens (tertiary/aromatic N) is 3. The Bertz CT molecular complexity index is 724. The van der Waals surface area contributed by atoms with E-state index < -0.39 is 0 Å². The van der Waals surface area contributed by atoms with Gasteiger partial charge in [-0.05, 0) is 17.7 Å². The third kappa shape index (κ3) is 5.01. The SMILES string of the molecule is N=C(N)N1CCN(Cc2cccnc2SCc2cc(Cl)c(Cl)s2)CC1. The van der Waals surface area contributed by atoms with Gasteiger partial charge in [-0.2, -0.15) is 0 Å². The normalized spacial score (nSPS) is 15.5. The van der Waals surface area contributed by atoms with Crippen molar-refractivity contribution in [1.82, 2.24) is 14.8 Å². The van der Waals surface area contributed by atoms with Gasteiger partial charge in [0, 0.05) is 49.6 Å². The number of pyridine rings is 1. The van der Waals surface area contributed by atoms with Crippen LogP contribution in [0.1, 0.15) is 10.4 Å². The first-order chi connectivity index (χ1) is 12.0. The Morgan fingerprint density at radius 3 is 2.72 bits per heavy atom. The molecule has 0 unspecified atom stereocenters. The lowest BCUT2D eigenvalue weighted by Crippen LogP contribution is -2.50. The van der Waals surface area contributed by atoms with Gasteiger partial charge in [0.05, 0.1) is 5.02 Å². The number of thioether (sulfide) groups is 1. The van der Waals surface area contributed by atoms with Crippen molar-refractivity contribution in [1.29, 1.82) is 5.41 Å². The summed E-state index contributed by atoms with van der Waals surface area (Å²) in [4.78, 5) is 9.96. The Hall–Kier alpha value is -0.990. The summed E-state index contributed by atoms with van der Waals surface area (Å²) >= 11 is 15.3. The summed E-state index contributed by atoms with van der Waals surface area (Å²) in [7, 11) is 0. The Kier molecular flexibility index (Phi) is 6.46. The van der Waals surface area contributed by atoms with Crippen molar-refractivity contribution in [2.75, 3.05) is 26.2 Å². The van der Waals surface area contributed by atoms with Gasteiger partial charge in [0.1, 0.15) is 9.36 Å². The van der Waals surface area contributed by atoms with E-state index in [0.29, 0.717) is 9.36 Å². The van der Waals surface area contributed by atoms with Gasteiger partial charge in [0.25, 0.3) is 0 Å². The Morgan fingerprint density at radius 1 is 1.32 bits per heavy atom. The number of piperazine rings is 1. The van der Waals surface area contributed by atoms with E-state index in [2.05, 4.69) is 16.0 Å². The molecule has 1 saturated heterocycles. The predicted octanol–water partition coefficient (Wildman–Crippen LogP) is 3.75. The first kappa shape index (κ1) is 18.8. The molecule has 25 heavy (non-hydrogen) atoms. The highest BCUT2D eigenvalue weighted by Gasteiger charge is 2.19. The summed E-state index contributed by atoms with van der Waals surface area (Å²) in [5.41, 5.74) is 6.78. The van der Waals surface area contributed by atoms with E-state index in [0.717, 1.165) is 48.4 Å². The maximum Gasteiger partial charge on any atom is 0.188 e. The van der Waals surface area contributed by atoms with Crippen LogP contribution in [0, 0.1) is 5.41 Å². The van der Waals surface area contributed by atoms with Gasteiger partial charge < -0.3 is 10.6 Å². The van der Waals surface area contributed by atoms with Crippen LogP contribution >= 0.6 is 46.3 Å². The molecular weight excluding hydrogens is 397 g/mol. The fourth-order valence-electron chi connectivity index (χ4n) is 2.66. The summed E-state index contributed by atoms with van der Waals surface area (Å²) in [6.45, 7) is 4.24. The van der Waals surface area contributed by atoms with E-state index in [9.17, 15) is 0 Å². The standard InChI is InChI=1S/C16H19Cl2N5S2/c17-13-8-12(25-14(13)18)10-24-15-11(2-1-3-21-15)9-22-4-6-23(7-5-22)16(19)20/h1-3,8H,4-7,9-10H2,(H3,19,20). The van der Waals surface area contributed by atoms with Crippen LogP contribution in [0.3, 0.4) is 0 Å². The molecule has 2 aromatic rings. The molecule has 0 radical (unpaired) electrons. The average Bonchev–Trinajstić information content (AvgIpc) is 2.92. The summed E-state index contributed by atoms with van der Waals surface area (Å²) in [5, 5.41) is 9.17. The second-order valence-corrected chi connectivity index (χ2v) is 8.85. The Labute approximate surface area is 165 Å². The third-order valence-corrected chi connectivity index (χ3v) is 7.15. The number of rotatable bonds is 5. The molecule has 3 heterocycles. The van der Waals surface area contributed by atoms with Crippen LogP contribution in [0.25, 0.3) is 0 Å². The summed E-state index contributed by atoms with van der Waals surface area (Å²) in [6, 6.07) is 6.02. The fraction of sp³-hybridized carbons (Fsp3) is 0.375. The zero-order valence-electron chi connectivity index (χ0n) is 13.5. The van der Waals surface area contributed by atoms with Gasteiger partial charge in [-0.3, -0.25) is 10.3 Å². The molecule has 0 amide bonds.